The van der Waals surface area contributed by atoms with Crippen molar-refractivity contribution in [3.8, 4) is 0 Å². The third-order valence-electron chi connectivity index (χ3n) is 6.46. The van der Waals surface area contributed by atoms with E-state index in [2.05, 4.69) is 10.6 Å². The summed E-state index contributed by atoms with van der Waals surface area (Å²) >= 11 is 0. The van der Waals surface area contributed by atoms with Crippen LogP contribution < -0.4 is 20.4 Å². The second kappa shape index (κ2) is 12.3. The third kappa shape index (κ3) is 7.57. The Morgan fingerprint density at radius 3 is 2.26 bits per heavy atom. The summed E-state index contributed by atoms with van der Waals surface area (Å²) in [6.07, 6.45) is 0. The van der Waals surface area contributed by atoms with Crippen LogP contribution in [-0.2, 0) is 14.4 Å². The number of carbonyl (C=O) groups is 4. The fourth-order valence-corrected chi connectivity index (χ4v) is 4.23. The lowest BCUT2D eigenvalue weighted by Crippen LogP contribution is -2.56. The smallest absolute Gasteiger partial charge is 0.319 e. The van der Waals surface area contributed by atoms with E-state index in [1.54, 1.807) is 63.1 Å². The summed E-state index contributed by atoms with van der Waals surface area (Å²) in [7, 11) is 5.54. The van der Waals surface area contributed by atoms with Gasteiger partial charge in [-0.1, -0.05) is 45.0 Å². The summed E-state index contributed by atoms with van der Waals surface area (Å²) in [5.41, 5.74) is 1.76. The molecule has 1 atom stereocenters. The lowest BCUT2D eigenvalue weighted by atomic mass is 9.94. The largest absolute Gasteiger partial charge is 0.343 e. The van der Waals surface area contributed by atoms with E-state index in [0.29, 0.717) is 30.2 Å². The topological polar surface area (TPSA) is 105 Å². The van der Waals surface area contributed by atoms with Gasteiger partial charge in [0.25, 0.3) is 5.91 Å². The molecule has 2 aromatic rings. The first-order valence-corrected chi connectivity index (χ1v) is 13.0. The van der Waals surface area contributed by atoms with Gasteiger partial charge < -0.3 is 25.3 Å². The Bertz CT molecular complexity index is 1220. The van der Waals surface area contributed by atoms with Gasteiger partial charge in [0, 0.05) is 31.2 Å². The highest BCUT2D eigenvalue weighted by Crippen LogP contribution is 2.35. The predicted molar refractivity (Wildman–Crippen MR) is 154 cm³/mol. The number of hydrogen-bond acceptors (Lipinski definition) is 5. The van der Waals surface area contributed by atoms with Crippen LogP contribution in [0.4, 0.5) is 21.9 Å². The Labute approximate surface area is 230 Å². The molecule has 1 aliphatic heterocycles. The summed E-state index contributed by atoms with van der Waals surface area (Å²) in [5, 5.41) is 5.52. The number of hydrogen-bond donors (Lipinski definition) is 2. The lowest BCUT2D eigenvalue weighted by molar-refractivity contribution is -0.130. The fraction of sp³-hybridized carbons (Fsp3) is 0.448. The average Bonchev–Trinajstić information content (AvgIpc) is 2.96. The van der Waals surface area contributed by atoms with Crippen molar-refractivity contribution in [2.45, 2.75) is 33.7 Å². The van der Waals surface area contributed by atoms with Crippen LogP contribution in [-0.4, -0.2) is 86.9 Å². The van der Waals surface area contributed by atoms with Gasteiger partial charge in [0.2, 0.25) is 11.8 Å². The molecular weight excluding hydrogens is 496 g/mol. The molecule has 0 saturated heterocycles. The van der Waals surface area contributed by atoms with Crippen LogP contribution in [0.5, 0.6) is 0 Å². The molecular formula is C29H40N6O4. The van der Waals surface area contributed by atoms with Crippen molar-refractivity contribution < 1.29 is 19.2 Å². The molecule has 0 saturated carbocycles. The molecule has 10 nitrogen and oxygen atoms in total. The zero-order valence-corrected chi connectivity index (χ0v) is 23.9. The van der Waals surface area contributed by atoms with Crippen molar-refractivity contribution in [3.05, 3.63) is 54.1 Å². The third-order valence-corrected chi connectivity index (χ3v) is 6.46. The average molecular weight is 537 g/mol. The first-order valence-electron chi connectivity index (χ1n) is 13.0. The van der Waals surface area contributed by atoms with Gasteiger partial charge in [-0.25, -0.2) is 4.79 Å². The number of urea groups is 1. The molecule has 10 heteroatoms. The van der Waals surface area contributed by atoms with Gasteiger partial charge in [-0.2, -0.15) is 0 Å². The van der Waals surface area contributed by atoms with E-state index >= 15 is 0 Å². The fourth-order valence-electron chi connectivity index (χ4n) is 4.23. The first-order chi connectivity index (χ1) is 18.3. The summed E-state index contributed by atoms with van der Waals surface area (Å²) in [4.78, 5) is 60.2. The van der Waals surface area contributed by atoms with Crippen molar-refractivity contribution in [1.82, 2.24) is 15.1 Å². The standard InChI is InChI=1S/C29H40N6O4/c1-20-11-10-12-21(17-20)30-28(39)31-22-18-35(27(38)29(2,3)4)24-14-9-8-13-23(24)34(26(22)37)19-25(36)33(7)16-15-32(5)6/h8-14,17,22H,15-16,18-19H2,1-7H3,(H2,30,31,39). The maximum Gasteiger partial charge on any atom is 0.319 e. The maximum atomic E-state index is 14.0. The van der Waals surface area contributed by atoms with E-state index in [0.717, 1.165) is 5.56 Å². The summed E-state index contributed by atoms with van der Waals surface area (Å²) < 4.78 is 0. The second-order valence-corrected chi connectivity index (χ2v) is 11.2. The van der Waals surface area contributed by atoms with Gasteiger partial charge in [-0.05, 0) is 50.8 Å². The minimum atomic E-state index is -1.09. The van der Waals surface area contributed by atoms with E-state index in [1.165, 1.54) is 9.80 Å². The number of amides is 5. The molecule has 2 N–H and O–H groups in total. The molecule has 0 bridgehead atoms. The zero-order chi connectivity index (χ0) is 28.9. The van der Waals surface area contributed by atoms with Gasteiger partial charge in [0.15, 0.2) is 0 Å². The van der Waals surface area contributed by atoms with Crippen LogP contribution in [0.2, 0.25) is 0 Å². The summed E-state index contributed by atoms with van der Waals surface area (Å²) in [6.45, 7) is 8.18. The van der Waals surface area contributed by atoms with Crippen LogP contribution >= 0.6 is 0 Å². The molecule has 0 radical (unpaired) electrons. The van der Waals surface area contributed by atoms with Gasteiger partial charge in [0.1, 0.15) is 12.6 Å². The molecule has 1 heterocycles. The van der Waals surface area contributed by atoms with Gasteiger partial charge in [-0.3, -0.25) is 19.3 Å². The molecule has 0 aromatic heterocycles. The first kappa shape index (κ1) is 29.6. The zero-order valence-electron chi connectivity index (χ0n) is 23.9. The summed E-state index contributed by atoms with van der Waals surface area (Å²) in [6, 6.07) is 12.7. The number of aryl methyl sites for hydroxylation is 1. The number of carbonyl (C=O) groups excluding carboxylic acids is 4. The van der Waals surface area contributed by atoms with Crippen LogP contribution in [0.1, 0.15) is 26.3 Å². The number of anilines is 3. The van der Waals surface area contributed by atoms with Crippen molar-refractivity contribution in [3.63, 3.8) is 0 Å². The van der Waals surface area contributed by atoms with E-state index in [4.69, 9.17) is 0 Å². The number of nitrogens with zero attached hydrogens (tertiary/aromatic N) is 4. The second-order valence-electron chi connectivity index (χ2n) is 11.2. The number of nitrogens with one attached hydrogen (secondary N) is 2. The van der Waals surface area contributed by atoms with Crippen LogP contribution in [0, 0.1) is 12.3 Å². The normalized spacial score (nSPS) is 15.5. The Morgan fingerprint density at radius 2 is 1.64 bits per heavy atom. The highest BCUT2D eigenvalue weighted by Gasteiger charge is 2.40. The Hall–Kier alpha value is -3.92. The van der Waals surface area contributed by atoms with Crippen molar-refractivity contribution in [2.24, 2.45) is 5.41 Å². The molecule has 5 amide bonds. The molecule has 0 spiro atoms. The molecule has 210 valence electrons. The predicted octanol–water partition coefficient (Wildman–Crippen LogP) is 2.93. The van der Waals surface area contributed by atoms with Crippen molar-refractivity contribution in [2.75, 3.05) is 62.4 Å². The Kier molecular flexibility index (Phi) is 9.34. The van der Waals surface area contributed by atoms with E-state index in [1.807, 2.05) is 44.1 Å². The maximum absolute atomic E-state index is 14.0. The number of rotatable bonds is 7. The SMILES string of the molecule is Cc1cccc(NC(=O)NC2CN(C(=O)C(C)(C)C)c3ccccc3N(CC(=O)N(C)CCN(C)C)C2=O)c1. The minimum absolute atomic E-state index is 0.0751. The molecule has 1 unspecified atom stereocenters. The highest BCUT2D eigenvalue weighted by molar-refractivity contribution is 6.11. The summed E-state index contributed by atoms with van der Waals surface area (Å²) in [5.74, 6) is -0.927. The van der Waals surface area contributed by atoms with E-state index in [9.17, 15) is 19.2 Å². The number of likely N-dealkylation sites (N-methyl/N-ethyl adjacent to an activating group) is 2. The minimum Gasteiger partial charge on any atom is -0.343 e. The quantitative estimate of drug-likeness (QED) is 0.566. The molecule has 0 fully saturated rings. The van der Waals surface area contributed by atoms with Gasteiger partial charge in [-0.15, -0.1) is 0 Å². The van der Waals surface area contributed by atoms with Crippen molar-refractivity contribution in [1.29, 1.82) is 0 Å². The van der Waals surface area contributed by atoms with Crippen LogP contribution in [0.3, 0.4) is 0 Å². The number of benzene rings is 2. The van der Waals surface area contributed by atoms with Crippen LogP contribution in [0.15, 0.2) is 48.5 Å². The lowest BCUT2D eigenvalue weighted by Gasteiger charge is -2.31. The van der Waals surface area contributed by atoms with Crippen LogP contribution in [0.25, 0.3) is 0 Å². The van der Waals surface area contributed by atoms with Gasteiger partial charge in [0.05, 0.1) is 17.9 Å². The van der Waals surface area contributed by atoms with E-state index < -0.39 is 23.4 Å². The van der Waals surface area contributed by atoms with E-state index in [-0.39, 0.29) is 24.9 Å². The molecule has 0 aliphatic carbocycles. The number of fused-ring (bicyclic) bond motifs is 1. The van der Waals surface area contributed by atoms with Gasteiger partial charge >= 0.3 is 6.03 Å². The Morgan fingerprint density at radius 1 is 0.974 bits per heavy atom. The molecule has 1 aliphatic rings. The monoisotopic (exact) mass is 536 g/mol. The highest BCUT2D eigenvalue weighted by atomic mass is 16.2. The molecule has 39 heavy (non-hydrogen) atoms. The Balaban J connectivity index is 1.96. The molecule has 2 aromatic carbocycles. The molecule has 3 rings (SSSR count). The van der Waals surface area contributed by atoms with Crippen molar-refractivity contribution >= 4 is 40.8 Å². The number of para-hydroxylation sites is 2.